The summed E-state index contributed by atoms with van der Waals surface area (Å²) in [5, 5.41) is 5.49. The number of esters is 1. The summed E-state index contributed by atoms with van der Waals surface area (Å²) in [4.78, 5) is 38.4. The standard InChI is InChI=1S/C24H31N3O4/c1-5-31-23(30)16-27(14-20-9-7-6-8-10-20)15-22(29)25-13-21(28)26-24-18(3)11-17(2)12-19(24)4/h6-12H,5,13-16H2,1-4H3,(H,25,29)(H,26,28). The van der Waals surface area contributed by atoms with Crippen LogP contribution in [0.1, 0.15) is 29.2 Å². The normalized spacial score (nSPS) is 10.6. The van der Waals surface area contributed by atoms with E-state index in [1.54, 1.807) is 11.8 Å². The molecule has 2 rings (SSSR count). The van der Waals surface area contributed by atoms with Gasteiger partial charge in [0.1, 0.15) is 0 Å². The van der Waals surface area contributed by atoms with Crippen LogP contribution < -0.4 is 10.6 Å². The van der Waals surface area contributed by atoms with Gasteiger partial charge in [-0.05, 0) is 44.4 Å². The molecule has 0 saturated heterocycles. The molecule has 2 aromatic rings. The fourth-order valence-corrected chi connectivity index (χ4v) is 3.40. The second kappa shape index (κ2) is 11.9. The molecule has 0 aliphatic heterocycles. The number of ether oxygens (including phenoxy) is 1. The number of hydrogen-bond acceptors (Lipinski definition) is 5. The minimum absolute atomic E-state index is 0.00981. The molecule has 0 aliphatic rings. The summed E-state index contributed by atoms with van der Waals surface area (Å²) >= 11 is 0. The first-order valence-electron chi connectivity index (χ1n) is 10.3. The number of anilines is 1. The highest BCUT2D eigenvalue weighted by molar-refractivity contribution is 5.96. The van der Waals surface area contributed by atoms with Crippen molar-refractivity contribution in [3.63, 3.8) is 0 Å². The molecule has 0 spiro atoms. The monoisotopic (exact) mass is 425 g/mol. The van der Waals surface area contributed by atoms with E-state index in [-0.39, 0.29) is 38.1 Å². The van der Waals surface area contributed by atoms with Crippen LogP contribution >= 0.6 is 0 Å². The second-order valence-electron chi connectivity index (χ2n) is 7.53. The van der Waals surface area contributed by atoms with Crippen LogP contribution in [0.15, 0.2) is 42.5 Å². The quantitative estimate of drug-likeness (QED) is 0.572. The number of hydrogen-bond donors (Lipinski definition) is 2. The van der Waals surface area contributed by atoms with Gasteiger partial charge in [-0.2, -0.15) is 0 Å². The minimum atomic E-state index is -0.394. The Kier molecular flexibility index (Phi) is 9.21. The van der Waals surface area contributed by atoms with Crippen molar-refractivity contribution in [2.45, 2.75) is 34.2 Å². The Morgan fingerprint density at radius 1 is 0.935 bits per heavy atom. The van der Waals surface area contributed by atoms with Crippen LogP contribution in [0.2, 0.25) is 0 Å². The smallest absolute Gasteiger partial charge is 0.320 e. The number of carbonyl (C=O) groups is 3. The molecule has 0 saturated carbocycles. The topological polar surface area (TPSA) is 87.7 Å². The van der Waals surface area contributed by atoms with E-state index >= 15 is 0 Å². The van der Waals surface area contributed by atoms with E-state index in [1.165, 1.54) is 0 Å². The number of aryl methyl sites for hydroxylation is 3. The van der Waals surface area contributed by atoms with Crippen molar-refractivity contribution in [2.75, 3.05) is 31.6 Å². The van der Waals surface area contributed by atoms with Gasteiger partial charge in [-0.1, -0.05) is 48.0 Å². The summed E-state index contributed by atoms with van der Waals surface area (Å²) in [5.74, 6) is -1.04. The molecule has 166 valence electrons. The Bertz CT molecular complexity index is 889. The van der Waals surface area contributed by atoms with Gasteiger partial charge >= 0.3 is 5.97 Å². The van der Waals surface area contributed by atoms with Gasteiger partial charge in [0.15, 0.2) is 0 Å². The predicted molar refractivity (Wildman–Crippen MR) is 121 cm³/mol. The maximum Gasteiger partial charge on any atom is 0.320 e. The van der Waals surface area contributed by atoms with E-state index in [9.17, 15) is 14.4 Å². The van der Waals surface area contributed by atoms with Crippen molar-refractivity contribution in [2.24, 2.45) is 0 Å². The number of rotatable bonds is 10. The van der Waals surface area contributed by atoms with Gasteiger partial charge in [-0.15, -0.1) is 0 Å². The first-order valence-corrected chi connectivity index (χ1v) is 10.3. The lowest BCUT2D eigenvalue weighted by Crippen LogP contribution is -2.42. The molecule has 0 bridgehead atoms. The average Bonchev–Trinajstić information content (AvgIpc) is 2.70. The van der Waals surface area contributed by atoms with E-state index in [4.69, 9.17) is 4.74 Å². The van der Waals surface area contributed by atoms with E-state index in [0.29, 0.717) is 6.54 Å². The van der Waals surface area contributed by atoms with Crippen LogP contribution in [-0.4, -0.2) is 48.9 Å². The molecule has 31 heavy (non-hydrogen) atoms. The fraction of sp³-hybridized carbons (Fsp3) is 0.375. The minimum Gasteiger partial charge on any atom is -0.465 e. The van der Waals surface area contributed by atoms with E-state index < -0.39 is 5.97 Å². The molecule has 0 atom stereocenters. The highest BCUT2D eigenvalue weighted by Gasteiger charge is 2.17. The maximum absolute atomic E-state index is 12.4. The zero-order chi connectivity index (χ0) is 22.8. The van der Waals surface area contributed by atoms with Crippen molar-refractivity contribution in [1.29, 1.82) is 0 Å². The molecular weight excluding hydrogens is 394 g/mol. The average molecular weight is 426 g/mol. The third-order valence-corrected chi connectivity index (χ3v) is 4.66. The molecule has 0 heterocycles. The second-order valence-corrected chi connectivity index (χ2v) is 7.53. The Morgan fingerprint density at radius 3 is 2.19 bits per heavy atom. The van der Waals surface area contributed by atoms with Crippen LogP contribution in [0, 0.1) is 20.8 Å². The van der Waals surface area contributed by atoms with E-state index in [1.807, 2.05) is 63.2 Å². The lowest BCUT2D eigenvalue weighted by atomic mass is 10.1. The molecule has 2 aromatic carbocycles. The molecule has 2 amide bonds. The summed E-state index contributed by atoms with van der Waals surface area (Å²) in [7, 11) is 0. The van der Waals surface area contributed by atoms with E-state index in [2.05, 4.69) is 10.6 Å². The lowest BCUT2D eigenvalue weighted by molar-refractivity contribution is -0.145. The Hall–Kier alpha value is -3.19. The van der Waals surface area contributed by atoms with Crippen molar-refractivity contribution in [3.05, 3.63) is 64.7 Å². The van der Waals surface area contributed by atoms with Crippen molar-refractivity contribution >= 4 is 23.5 Å². The van der Waals surface area contributed by atoms with Gasteiger partial charge < -0.3 is 15.4 Å². The Labute approximate surface area is 183 Å². The number of amides is 2. The van der Waals surface area contributed by atoms with Crippen LogP contribution in [-0.2, 0) is 25.7 Å². The summed E-state index contributed by atoms with van der Waals surface area (Å²) in [6.45, 7) is 8.13. The van der Waals surface area contributed by atoms with Crippen molar-refractivity contribution < 1.29 is 19.1 Å². The predicted octanol–water partition coefficient (Wildman–Crippen LogP) is 2.73. The van der Waals surface area contributed by atoms with E-state index in [0.717, 1.165) is 27.9 Å². The molecule has 0 radical (unpaired) electrons. The van der Waals surface area contributed by atoms with Gasteiger partial charge in [-0.3, -0.25) is 19.3 Å². The number of benzene rings is 2. The number of carbonyl (C=O) groups excluding carboxylic acids is 3. The number of nitrogens with one attached hydrogen (secondary N) is 2. The summed E-state index contributed by atoms with van der Waals surface area (Å²) < 4.78 is 5.01. The summed E-state index contributed by atoms with van der Waals surface area (Å²) in [6.07, 6.45) is 0. The molecule has 0 fully saturated rings. The Balaban J connectivity index is 1.92. The zero-order valence-corrected chi connectivity index (χ0v) is 18.7. The molecule has 0 aromatic heterocycles. The lowest BCUT2D eigenvalue weighted by Gasteiger charge is -2.21. The first kappa shape index (κ1) is 24.1. The third kappa shape index (κ3) is 8.22. The van der Waals surface area contributed by atoms with Crippen LogP contribution in [0.4, 0.5) is 5.69 Å². The maximum atomic E-state index is 12.4. The molecule has 0 aliphatic carbocycles. The van der Waals surface area contributed by atoms with Crippen molar-refractivity contribution in [3.8, 4) is 0 Å². The van der Waals surface area contributed by atoms with Crippen molar-refractivity contribution in [1.82, 2.24) is 10.2 Å². The largest absolute Gasteiger partial charge is 0.465 e. The van der Waals surface area contributed by atoms with Gasteiger partial charge in [0.25, 0.3) is 0 Å². The highest BCUT2D eigenvalue weighted by Crippen LogP contribution is 2.21. The van der Waals surface area contributed by atoms with Gasteiger partial charge in [0.05, 0.1) is 26.2 Å². The van der Waals surface area contributed by atoms with Crippen LogP contribution in [0.5, 0.6) is 0 Å². The third-order valence-electron chi connectivity index (χ3n) is 4.66. The van der Waals surface area contributed by atoms with Gasteiger partial charge in [0, 0.05) is 12.2 Å². The number of nitrogens with zero attached hydrogens (tertiary/aromatic N) is 1. The summed E-state index contributed by atoms with van der Waals surface area (Å²) in [6, 6.07) is 13.6. The van der Waals surface area contributed by atoms with Crippen LogP contribution in [0.25, 0.3) is 0 Å². The molecule has 7 heteroatoms. The highest BCUT2D eigenvalue weighted by atomic mass is 16.5. The zero-order valence-electron chi connectivity index (χ0n) is 18.7. The first-order chi connectivity index (χ1) is 14.8. The molecular formula is C24H31N3O4. The molecule has 2 N–H and O–H groups in total. The summed E-state index contributed by atoms with van der Waals surface area (Å²) in [5.41, 5.74) is 4.81. The fourth-order valence-electron chi connectivity index (χ4n) is 3.40. The molecule has 0 unspecified atom stereocenters. The SMILES string of the molecule is CCOC(=O)CN(CC(=O)NCC(=O)Nc1c(C)cc(C)cc1C)Cc1ccccc1. The Morgan fingerprint density at radius 2 is 1.58 bits per heavy atom. The van der Waals surface area contributed by atoms with Crippen LogP contribution in [0.3, 0.4) is 0 Å². The van der Waals surface area contributed by atoms with Gasteiger partial charge in [0.2, 0.25) is 11.8 Å². The molecule has 7 nitrogen and oxygen atoms in total. The van der Waals surface area contributed by atoms with Gasteiger partial charge in [-0.25, -0.2) is 0 Å².